The Morgan fingerprint density at radius 3 is 2.56 bits per heavy atom. The van der Waals surface area contributed by atoms with Crippen molar-refractivity contribution in [2.24, 2.45) is 0 Å². The van der Waals surface area contributed by atoms with Crippen molar-refractivity contribution in [3.05, 3.63) is 42.2 Å². The molecule has 1 atom stereocenters. The molecule has 4 heteroatoms. The molecule has 0 spiro atoms. The summed E-state index contributed by atoms with van der Waals surface area (Å²) in [6.07, 6.45) is 0. The first-order chi connectivity index (χ1) is 7.63. The summed E-state index contributed by atoms with van der Waals surface area (Å²) in [5, 5.41) is 5.56. The van der Waals surface area contributed by atoms with Crippen molar-refractivity contribution in [2.75, 3.05) is 7.05 Å². The molecule has 0 saturated heterocycles. The Kier molecular flexibility index (Phi) is 3.85. The van der Waals surface area contributed by atoms with Gasteiger partial charge in [0.05, 0.1) is 6.04 Å². The number of halogens is 1. The SMILES string of the molecule is CNC(c1cc(Br)c(C)s1)c1sccc1C. The zero-order chi connectivity index (χ0) is 11.7. The van der Waals surface area contributed by atoms with Crippen LogP contribution in [0.5, 0.6) is 0 Å². The molecular weight excluding hydrogens is 302 g/mol. The Morgan fingerprint density at radius 1 is 1.38 bits per heavy atom. The smallest absolute Gasteiger partial charge is 0.0765 e. The lowest BCUT2D eigenvalue weighted by molar-refractivity contribution is 0.712. The molecule has 2 rings (SSSR count). The van der Waals surface area contributed by atoms with Crippen LogP contribution in [0.2, 0.25) is 0 Å². The molecule has 2 heterocycles. The second kappa shape index (κ2) is 5.00. The molecule has 1 N–H and O–H groups in total. The topological polar surface area (TPSA) is 12.0 Å². The number of hydrogen-bond acceptors (Lipinski definition) is 3. The van der Waals surface area contributed by atoms with Crippen LogP contribution in [-0.2, 0) is 0 Å². The van der Waals surface area contributed by atoms with Gasteiger partial charge in [-0.15, -0.1) is 22.7 Å². The van der Waals surface area contributed by atoms with Gasteiger partial charge in [0, 0.05) is 19.1 Å². The van der Waals surface area contributed by atoms with E-state index in [0.29, 0.717) is 6.04 Å². The molecule has 0 aliphatic heterocycles. The molecule has 1 unspecified atom stereocenters. The van der Waals surface area contributed by atoms with Gasteiger partial charge in [-0.3, -0.25) is 0 Å². The van der Waals surface area contributed by atoms with Gasteiger partial charge in [0.15, 0.2) is 0 Å². The van der Waals surface area contributed by atoms with Crippen LogP contribution < -0.4 is 5.32 Å². The molecule has 16 heavy (non-hydrogen) atoms. The van der Waals surface area contributed by atoms with Crippen LogP contribution in [0.15, 0.2) is 22.0 Å². The lowest BCUT2D eigenvalue weighted by Crippen LogP contribution is -2.15. The van der Waals surface area contributed by atoms with E-state index in [1.165, 1.54) is 24.7 Å². The van der Waals surface area contributed by atoms with Gasteiger partial charge in [0.1, 0.15) is 0 Å². The quantitative estimate of drug-likeness (QED) is 0.879. The molecule has 0 amide bonds. The molecule has 0 radical (unpaired) electrons. The van der Waals surface area contributed by atoms with E-state index in [2.05, 4.69) is 52.6 Å². The first kappa shape index (κ1) is 12.3. The Morgan fingerprint density at radius 2 is 2.12 bits per heavy atom. The van der Waals surface area contributed by atoms with E-state index in [4.69, 9.17) is 0 Å². The minimum absolute atomic E-state index is 0.329. The normalized spacial score (nSPS) is 13.0. The molecule has 0 bridgehead atoms. The van der Waals surface area contributed by atoms with Crippen molar-refractivity contribution in [3.63, 3.8) is 0 Å². The van der Waals surface area contributed by atoms with E-state index in [0.717, 1.165) is 0 Å². The fourth-order valence-corrected chi connectivity index (χ4v) is 4.52. The Balaban J connectivity index is 2.40. The molecule has 1 nitrogen and oxygen atoms in total. The van der Waals surface area contributed by atoms with Gasteiger partial charge >= 0.3 is 0 Å². The largest absolute Gasteiger partial charge is 0.308 e. The first-order valence-corrected chi connectivity index (χ1v) is 7.59. The Hall–Kier alpha value is -0.160. The maximum Gasteiger partial charge on any atom is 0.0765 e. The molecule has 2 aromatic heterocycles. The van der Waals surface area contributed by atoms with Crippen molar-refractivity contribution >= 4 is 38.6 Å². The average Bonchev–Trinajstić information content (AvgIpc) is 2.78. The maximum atomic E-state index is 3.58. The summed E-state index contributed by atoms with van der Waals surface area (Å²) in [4.78, 5) is 4.12. The molecule has 0 aliphatic rings. The van der Waals surface area contributed by atoms with Gasteiger partial charge in [0.2, 0.25) is 0 Å². The fraction of sp³-hybridized carbons (Fsp3) is 0.333. The van der Waals surface area contributed by atoms with E-state index in [9.17, 15) is 0 Å². The standard InChI is InChI=1S/C12H14BrNS2/c1-7-4-5-15-12(7)11(14-3)10-6-9(13)8(2)16-10/h4-6,11,14H,1-3H3. The van der Waals surface area contributed by atoms with Crippen LogP contribution in [0.25, 0.3) is 0 Å². The molecule has 0 aliphatic carbocycles. The summed E-state index contributed by atoms with van der Waals surface area (Å²) >= 11 is 7.25. The first-order valence-electron chi connectivity index (χ1n) is 5.10. The average molecular weight is 316 g/mol. The van der Waals surface area contributed by atoms with E-state index >= 15 is 0 Å². The highest BCUT2D eigenvalue weighted by Gasteiger charge is 2.18. The van der Waals surface area contributed by atoms with Crippen LogP contribution in [0.4, 0.5) is 0 Å². The molecule has 0 aromatic carbocycles. The third kappa shape index (κ3) is 2.25. The van der Waals surface area contributed by atoms with E-state index in [-0.39, 0.29) is 0 Å². The predicted octanol–water partition coefficient (Wildman–Crippen LogP) is 4.50. The minimum atomic E-state index is 0.329. The molecule has 2 aromatic rings. The second-order valence-corrected chi connectivity index (χ2v) is 6.83. The summed E-state index contributed by atoms with van der Waals surface area (Å²) in [6.45, 7) is 4.32. The maximum absolute atomic E-state index is 3.58. The lowest BCUT2D eigenvalue weighted by Gasteiger charge is -2.13. The summed E-state index contributed by atoms with van der Waals surface area (Å²) < 4.78 is 1.21. The number of hydrogen-bond donors (Lipinski definition) is 1. The van der Waals surface area contributed by atoms with Gasteiger partial charge in [-0.2, -0.15) is 0 Å². The number of nitrogens with one attached hydrogen (secondary N) is 1. The van der Waals surface area contributed by atoms with Gasteiger partial charge in [-0.25, -0.2) is 0 Å². The second-order valence-electron chi connectivity index (χ2n) is 3.74. The zero-order valence-electron chi connectivity index (χ0n) is 9.50. The van der Waals surface area contributed by atoms with Gasteiger partial charge in [-0.05, 0) is 59.9 Å². The van der Waals surface area contributed by atoms with Crippen LogP contribution in [0, 0.1) is 13.8 Å². The zero-order valence-corrected chi connectivity index (χ0v) is 12.7. The van der Waals surface area contributed by atoms with Gasteiger partial charge in [0.25, 0.3) is 0 Å². The minimum Gasteiger partial charge on any atom is -0.308 e. The highest BCUT2D eigenvalue weighted by molar-refractivity contribution is 9.10. The van der Waals surface area contributed by atoms with Crippen molar-refractivity contribution in [2.45, 2.75) is 19.9 Å². The summed E-state index contributed by atoms with van der Waals surface area (Å²) in [5.74, 6) is 0. The number of aryl methyl sites for hydroxylation is 2. The predicted molar refractivity (Wildman–Crippen MR) is 76.7 cm³/mol. The van der Waals surface area contributed by atoms with Crippen LogP contribution in [0.3, 0.4) is 0 Å². The summed E-state index contributed by atoms with van der Waals surface area (Å²) in [5.41, 5.74) is 1.37. The highest BCUT2D eigenvalue weighted by Crippen LogP contribution is 2.36. The van der Waals surface area contributed by atoms with Gasteiger partial charge < -0.3 is 5.32 Å². The van der Waals surface area contributed by atoms with Gasteiger partial charge in [-0.1, -0.05) is 0 Å². The van der Waals surface area contributed by atoms with Crippen molar-refractivity contribution < 1.29 is 0 Å². The van der Waals surface area contributed by atoms with Crippen LogP contribution >= 0.6 is 38.6 Å². The summed E-state index contributed by atoms with van der Waals surface area (Å²) in [6, 6.07) is 4.73. The van der Waals surface area contributed by atoms with Crippen molar-refractivity contribution in [1.82, 2.24) is 5.32 Å². The summed E-state index contributed by atoms with van der Waals surface area (Å²) in [7, 11) is 2.02. The Labute approximate surface area is 113 Å². The van der Waals surface area contributed by atoms with E-state index in [1.807, 2.05) is 29.7 Å². The number of rotatable bonds is 3. The molecular formula is C12H14BrNS2. The third-order valence-electron chi connectivity index (χ3n) is 2.61. The molecule has 0 saturated carbocycles. The van der Waals surface area contributed by atoms with Crippen LogP contribution in [-0.4, -0.2) is 7.05 Å². The third-order valence-corrected chi connectivity index (χ3v) is 5.90. The molecule has 0 fully saturated rings. The number of thiophene rings is 2. The van der Waals surface area contributed by atoms with Crippen LogP contribution in [0.1, 0.15) is 26.2 Å². The lowest BCUT2D eigenvalue weighted by atomic mass is 10.1. The van der Waals surface area contributed by atoms with Crippen molar-refractivity contribution in [3.8, 4) is 0 Å². The highest BCUT2D eigenvalue weighted by atomic mass is 79.9. The Bertz CT molecular complexity index is 467. The van der Waals surface area contributed by atoms with E-state index < -0.39 is 0 Å². The fourth-order valence-electron chi connectivity index (χ4n) is 1.71. The van der Waals surface area contributed by atoms with E-state index in [1.54, 1.807) is 0 Å². The van der Waals surface area contributed by atoms with Crippen molar-refractivity contribution in [1.29, 1.82) is 0 Å². The molecule has 86 valence electrons. The monoisotopic (exact) mass is 315 g/mol.